The van der Waals surface area contributed by atoms with E-state index in [1.54, 1.807) is 0 Å². The topological polar surface area (TPSA) is 21.3 Å². The van der Waals surface area contributed by atoms with Gasteiger partial charge >= 0.3 is 0 Å². The first-order chi connectivity index (χ1) is 7.24. The Morgan fingerprint density at radius 2 is 2.00 bits per heavy atom. The summed E-state index contributed by atoms with van der Waals surface area (Å²) in [5, 5.41) is 3.20. The van der Waals surface area contributed by atoms with Crippen LogP contribution >= 0.6 is 0 Å². The highest BCUT2D eigenvalue weighted by Crippen LogP contribution is 2.17. The molecular formula is C11H13F2NO. The third-order valence-electron chi connectivity index (χ3n) is 2.48. The molecule has 1 aliphatic rings. The molecule has 1 aromatic rings. The summed E-state index contributed by atoms with van der Waals surface area (Å²) in [6.07, 6.45) is 1.05. The predicted molar refractivity (Wildman–Crippen MR) is 52.8 cm³/mol. The summed E-state index contributed by atoms with van der Waals surface area (Å²) in [6.45, 7) is 2.42. The maximum absolute atomic E-state index is 12.8. The molecule has 2 nitrogen and oxygen atoms in total. The van der Waals surface area contributed by atoms with Gasteiger partial charge in [-0.2, -0.15) is 0 Å². The van der Waals surface area contributed by atoms with Gasteiger partial charge in [-0.3, -0.25) is 0 Å². The molecule has 1 atom stereocenters. The molecule has 2 rings (SSSR count). The molecule has 1 N–H and O–H groups in total. The SMILES string of the molecule is Fc1cc(F)cc(OCC2CCNC2)c1. The summed E-state index contributed by atoms with van der Waals surface area (Å²) in [4.78, 5) is 0. The average molecular weight is 213 g/mol. The van der Waals surface area contributed by atoms with Gasteiger partial charge in [-0.1, -0.05) is 0 Å². The van der Waals surface area contributed by atoms with Crippen LogP contribution < -0.4 is 10.1 Å². The van der Waals surface area contributed by atoms with E-state index in [0.29, 0.717) is 12.5 Å². The van der Waals surface area contributed by atoms with Crippen molar-refractivity contribution in [1.29, 1.82) is 0 Å². The lowest BCUT2D eigenvalue weighted by molar-refractivity contribution is 0.258. The monoisotopic (exact) mass is 213 g/mol. The molecule has 0 amide bonds. The Morgan fingerprint density at radius 1 is 1.27 bits per heavy atom. The van der Waals surface area contributed by atoms with Gasteiger partial charge in [0.25, 0.3) is 0 Å². The molecule has 15 heavy (non-hydrogen) atoms. The number of hydrogen-bond donors (Lipinski definition) is 1. The highest BCUT2D eigenvalue weighted by atomic mass is 19.1. The zero-order valence-electron chi connectivity index (χ0n) is 8.30. The fourth-order valence-electron chi connectivity index (χ4n) is 1.68. The minimum Gasteiger partial charge on any atom is -0.493 e. The van der Waals surface area contributed by atoms with Gasteiger partial charge in [0.05, 0.1) is 6.61 Å². The van der Waals surface area contributed by atoms with Gasteiger partial charge in [-0.15, -0.1) is 0 Å². The summed E-state index contributed by atoms with van der Waals surface area (Å²) >= 11 is 0. The van der Waals surface area contributed by atoms with E-state index in [4.69, 9.17) is 4.74 Å². The molecule has 0 radical (unpaired) electrons. The van der Waals surface area contributed by atoms with Crippen molar-refractivity contribution >= 4 is 0 Å². The largest absolute Gasteiger partial charge is 0.493 e. The minimum atomic E-state index is -0.602. The number of ether oxygens (including phenoxy) is 1. The Morgan fingerprint density at radius 3 is 2.60 bits per heavy atom. The average Bonchev–Trinajstić information content (AvgIpc) is 2.65. The fraction of sp³-hybridized carbons (Fsp3) is 0.455. The van der Waals surface area contributed by atoms with Crippen molar-refractivity contribution < 1.29 is 13.5 Å². The van der Waals surface area contributed by atoms with Crippen LogP contribution in [-0.2, 0) is 0 Å². The smallest absolute Gasteiger partial charge is 0.129 e. The van der Waals surface area contributed by atoms with Crippen LogP contribution in [0.3, 0.4) is 0 Å². The Labute approximate surface area is 87.2 Å². The fourth-order valence-corrected chi connectivity index (χ4v) is 1.68. The van der Waals surface area contributed by atoms with Gasteiger partial charge < -0.3 is 10.1 Å². The van der Waals surface area contributed by atoms with E-state index >= 15 is 0 Å². The number of rotatable bonds is 3. The number of benzene rings is 1. The lowest BCUT2D eigenvalue weighted by Crippen LogP contribution is -2.15. The van der Waals surface area contributed by atoms with Crippen LogP contribution in [0.1, 0.15) is 6.42 Å². The summed E-state index contributed by atoms with van der Waals surface area (Å²) < 4.78 is 30.9. The van der Waals surface area contributed by atoms with Gasteiger partial charge in [-0.05, 0) is 13.0 Å². The molecule has 1 aromatic carbocycles. The van der Waals surface area contributed by atoms with E-state index < -0.39 is 11.6 Å². The van der Waals surface area contributed by atoms with Crippen LogP contribution in [-0.4, -0.2) is 19.7 Å². The Kier molecular flexibility index (Phi) is 3.16. The van der Waals surface area contributed by atoms with E-state index in [-0.39, 0.29) is 5.75 Å². The van der Waals surface area contributed by atoms with Crippen molar-refractivity contribution in [3.05, 3.63) is 29.8 Å². The van der Waals surface area contributed by atoms with Crippen molar-refractivity contribution in [2.24, 2.45) is 5.92 Å². The second kappa shape index (κ2) is 4.57. The molecule has 0 spiro atoms. The lowest BCUT2D eigenvalue weighted by Gasteiger charge is -2.10. The first-order valence-electron chi connectivity index (χ1n) is 5.03. The van der Waals surface area contributed by atoms with E-state index in [9.17, 15) is 8.78 Å². The second-order valence-electron chi connectivity index (χ2n) is 3.77. The molecule has 0 bridgehead atoms. The van der Waals surface area contributed by atoms with Crippen molar-refractivity contribution in [3.63, 3.8) is 0 Å². The molecule has 1 aliphatic heterocycles. The van der Waals surface area contributed by atoms with Gasteiger partial charge in [0.1, 0.15) is 17.4 Å². The Balaban J connectivity index is 1.92. The van der Waals surface area contributed by atoms with E-state index in [2.05, 4.69) is 5.32 Å². The third kappa shape index (κ3) is 2.89. The maximum Gasteiger partial charge on any atom is 0.129 e. The molecule has 1 fully saturated rings. The summed E-state index contributed by atoms with van der Waals surface area (Å²) in [5.74, 6) is -0.500. The predicted octanol–water partition coefficient (Wildman–Crippen LogP) is 1.95. The molecule has 0 saturated carbocycles. The molecule has 82 valence electrons. The van der Waals surface area contributed by atoms with E-state index in [1.165, 1.54) is 12.1 Å². The Hall–Kier alpha value is -1.16. The summed E-state index contributed by atoms with van der Waals surface area (Å²) in [6, 6.07) is 3.24. The molecule has 4 heteroatoms. The molecule has 0 aromatic heterocycles. The standard InChI is InChI=1S/C11H13F2NO/c12-9-3-10(13)5-11(4-9)15-7-8-1-2-14-6-8/h3-5,8,14H,1-2,6-7H2. The first-order valence-corrected chi connectivity index (χ1v) is 5.03. The van der Waals surface area contributed by atoms with Crippen LogP contribution in [0.4, 0.5) is 8.78 Å². The molecule has 1 saturated heterocycles. The zero-order valence-corrected chi connectivity index (χ0v) is 8.30. The number of nitrogens with one attached hydrogen (secondary N) is 1. The highest BCUT2D eigenvalue weighted by molar-refractivity contribution is 5.23. The van der Waals surface area contributed by atoms with Gasteiger partial charge in [-0.25, -0.2) is 8.78 Å². The zero-order chi connectivity index (χ0) is 10.7. The van der Waals surface area contributed by atoms with Crippen molar-refractivity contribution in [2.75, 3.05) is 19.7 Å². The van der Waals surface area contributed by atoms with Crippen molar-refractivity contribution in [1.82, 2.24) is 5.32 Å². The van der Waals surface area contributed by atoms with E-state index in [1.807, 2.05) is 0 Å². The van der Waals surface area contributed by atoms with Crippen LogP contribution in [0, 0.1) is 17.6 Å². The highest BCUT2D eigenvalue weighted by Gasteiger charge is 2.15. The number of halogens is 2. The van der Waals surface area contributed by atoms with Gasteiger partial charge in [0.15, 0.2) is 0 Å². The van der Waals surface area contributed by atoms with Crippen molar-refractivity contribution in [2.45, 2.75) is 6.42 Å². The number of hydrogen-bond acceptors (Lipinski definition) is 2. The third-order valence-corrected chi connectivity index (χ3v) is 2.48. The molecule has 1 unspecified atom stereocenters. The van der Waals surface area contributed by atoms with Gasteiger partial charge in [0.2, 0.25) is 0 Å². The van der Waals surface area contributed by atoms with Crippen molar-refractivity contribution in [3.8, 4) is 5.75 Å². The summed E-state index contributed by atoms with van der Waals surface area (Å²) in [7, 11) is 0. The van der Waals surface area contributed by atoms with E-state index in [0.717, 1.165) is 25.6 Å². The second-order valence-corrected chi connectivity index (χ2v) is 3.77. The lowest BCUT2D eigenvalue weighted by atomic mass is 10.1. The van der Waals surface area contributed by atoms with Crippen LogP contribution in [0.2, 0.25) is 0 Å². The van der Waals surface area contributed by atoms with Crippen LogP contribution in [0.25, 0.3) is 0 Å². The quantitative estimate of drug-likeness (QED) is 0.828. The maximum atomic E-state index is 12.8. The van der Waals surface area contributed by atoms with Gasteiger partial charge in [0, 0.05) is 30.7 Å². The summed E-state index contributed by atoms with van der Waals surface area (Å²) in [5.41, 5.74) is 0. The van der Waals surface area contributed by atoms with Crippen LogP contribution in [0.5, 0.6) is 5.75 Å². The molecule has 0 aliphatic carbocycles. The normalized spacial score (nSPS) is 20.5. The van der Waals surface area contributed by atoms with Crippen LogP contribution in [0.15, 0.2) is 18.2 Å². The first kappa shape index (κ1) is 10.4. The molecular weight excluding hydrogens is 200 g/mol. The minimum absolute atomic E-state index is 0.263. The Bertz CT molecular complexity index is 317. The molecule has 1 heterocycles.